The first-order valence-corrected chi connectivity index (χ1v) is 5.83. The second-order valence-electron chi connectivity index (χ2n) is 3.40. The van der Waals surface area contributed by atoms with Gasteiger partial charge in [-0.2, -0.15) is 0 Å². The van der Waals surface area contributed by atoms with Gasteiger partial charge in [0.2, 0.25) is 0 Å². The Balaban J connectivity index is 0.000000399. The van der Waals surface area contributed by atoms with Crippen molar-refractivity contribution in [2.24, 2.45) is 0 Å². The molecule has 5 nitrogen and oxygen atoms in total. The lowest BCUT2D eigenvalue weighted by Crippen LogP contribution is -2.12. The molecule has 0 aliphatic carbocycles. The van der Waals surface area contributed by atoms with Crippen molar-refractivity contribution < 1.29 is 9.90 Å². The van der Waals surface area contributed by atoms with Crippen LogP contribution in [-0.2, 0) is 4.79 Å². The lowest BCUT2D eigenvalue weighted by molar-refractivity contribution is -0.134. The molecule has 0 saturated heterocycles. The Kier molecular flexibility index (Phi) is 6.11. The molecule has 0 unspecified atom stereocenters. The molecule has 19 heavy (non-hydrogen) atoms. The maximum Gasteiger partial charge on any atom is 0.300 e. The van der Waals surface area contributed by atoms with Crippen molar-refractivity contribution in [3.05, 3.63) is 54.5 Å². The van der Waals surface area contributed by atoms with E-state index in [2.05, 4.69) is 15.3 Å². The number of carbonyl (C=O) groups is 1. The molecule has 0 bridgehead atoms. The summed E-state index contributed by atoms with van der Waals surface area (Å²) in [6.07, 6.45) is 3.42. The molecule has 0 radical (unpaired) electrons. The van der Waals surface area contributed by atoms with E-state index in [0.717, 1.165) is 18.4 Å². The van der Waals surface area contributed by atoms with Gasteiger partial charge in [-0.3, -0.25) is 9.78 Å². The Labute approximate surface area is 116 Å². The van der Waals surface area contributed by atoms with Crippen molar-refractivity contribution in [2.75, 3.05) is 5.32 Å². The summed E-state index contributed by atoms with van der Waals surface area (Å²) in [5.74, 6) is -0.104. The maximum absolute atomic E-state index is 9.00. The van der Waals surface area contributed by atoms with Gasteiger partial charge in [0, 0.05) is 19.3 Å². The predicted molar refractivity (Wildman–Crippen MR) is 77.1 cm³/mol. The Bertz CT molecular complexity index is 528. The van der Waals surface area contributed by atoms with Crippen molar-refractivity contribution in [2.45, 2.75) is 6.92 Å². The van der Waals surface area contributed by atoms with Gasteiger partial charge in [-0.25, -0.2) is 4.98 Å². The lowest BCUT2D eigenvalue weighted by Gasteiger charge is -2.05. The van der Waals surface area contributed by atoms with Crippen LogP contribution < -0.4 is 5.32 Å². The Morgan fingerprint density at radius 1 is 1.16 bits per heavy atom. The fraction of sp³-hybridized carbons (Fsp3) is 0.0769. The van der Waals surface area contributed by atoms with Crippen LogP contribution in [-0.4, -0.2) is 26.0 Å². The topological polar surface area (TPSA) is 75.1 Å². The van der Waals surface area contributed by atoms with Crippen molar-refractivity contribution in [3.8, 4) is 0 Å². The molecule has 2 N–H and O–H groups in total. The van der Waals surface area contributed by atoms with Crippen LogP contribution in [0, 0.1) is 0 Å². The third kappa shape index (κ3) is 6.23. The van der Waals surface area contributed by atoms with Crippen LogP contribution in [0.5, 0.6) is 0 Å². The molecule has 0 amide bonds. The highest BCUT2D eigenvalue weighted by molar-refractivity contribution is 7.81. The maximum atomic E-state index is 9.00. The van der Waals surface area contributed by atoms with Gasteiger partial charge < -0.3 is 10.4 Å². The zero-order chi connectivity index (χ0) is 14.1. The summed E-state index contributed by atoms with van der Waals surface area (Å²) in [5.41, 5.74) is 0.748. The van der Waals surface area contributed by atoms with Crippen LogP contribution in [0.1, 0.15) is 12.6 Å². The third-order valence-electron chi connectivity index (χ3n) is 1.80. The highest BCUT2D eigenvalue weighted by Gasteiger charge is 2.01. The summed E-state index contributed by atoms with van der Waals surface area (Å²) >= 11 is 5.19. The summed E-state index contributed by atoms with van der Waals surface area (Å²) in [7, 11) is 0. The average molecular weight is 275 g/mol. The Morgan fingerprint density at radius 3 is 2.21 bits per heavy atom. The highest BCUT2D eigenvalue weighted by Crippen LogP contribution is 2.04. The second-order valence-corrected chi connectivity index (χ2v) is 3.81. The standard InChI is InChI=1S/C11H9N3S.C2H4O2/c15-11(9-5-1-3-7-12-9)14-10-6-2-4-8-13-10;1-2(3)4/h1-8H,(H,13,14,15);1H3,(H,3,4). The van der Waals surface area contributed by atoms with Crippen LogP contribution in [0.3, 0.4) is 0 Å². The molecule has 0 aromatic carbocycles. The Morgan fingerprint density at radius 2 is 1.74 bits per heavy atom. The number of nitrogens with zero attached hydrogens (tertiary/aromatic N) is 2. The second kappa shape index (κ2) is 7.88. The number of anilines is 1. The van der Waals surface area contributed by atoms with Crippen LogP contribution in [0.4, 0.5) is 5.82 Å². The third-order valence-corrected chi connectivity index (χ3v) is 2.12. The fourth-order valence-corrected chi connectivity index (χ4v) is 1.34. The molecule has 0 saturated carbocycles. The Hall–Kier alpha value is -2.34. The van der Waals surface area contributed by atoms with Crippen LogP contribution >= 0.6 is 12.2 Å². The van der Waals surface area contributed by atoms with Crippen molar-refractivity contribution >= 4 is 29.0 Å². The van der Waals surface area contributed by atoms with Gasteiger partial charge in [0.25, 0.3) is 5.97 Å². The normalized spacial score (nSPS) is 8.89. The van der Waals surface area contributed by atoms with E-state index >= 15 is 0 Å². The van der Waals surface area contributed by atoms with E-state index in [1.54, 1.807) is 12.4 Å². The van der Waals surface area contributed by atoms with E-state index in [0.29, 0.717) is 4.99 Å². The van der Waals surface area contributed by atoms with E-state index in [1.807, 2.05) is 36.4 Å². The highest BCUT2D eigenvalue weighted by atomic mass is 32.1. The zero-order valence-electron chi connectivity index (χ0n) is 10.3. The number of aliphatic carboxylic acids is 1. The number of hydrogen-bond donors (Lipinski definition) is 2. The number of carboxylic acid groups (broad SMARTS) is 1. The van der Waals surface area contributed by atoms with E-state index < -0.39 is 5.97 Å². The van der Waals surface area contributed by atoms with Crippen LogP contribution in [0.15, 0.2) is 48.8 Å². The SMILES string of the molecule is CC(=O)O.S=C(Nc1ccccn1)c1ccccn1. The zero-order valence-corrected chi connectivity index (χ0v) is 11.1. The minimum absolute atomic E-state index is 0.578. The molecule has 2 aromatic rings. The van der Waals surface area contributed by atoms with Gasteiger partial charge in [-0.05, 0) is 24.3 Å². The molecule has 98 valence electrons. The van der Waals surface area contributed by atoms with E-state index in [1.165, 1.54) is 0 Å². The van der Waals surface area contributed by atoms with E-state index in [4.69, 9.17) is 22.1 Å². The first kappa shape index (κ1) is 14.7. The molecule has 0 spiro atoms. The van der Waals surface area contributed by atoms with Gasteiger partial charge in [0.05, 0.1) is 5.69 Å². The number of nitrogens with one attached hydrogen (secondary N) is 1. The van der Waals surface area contributed by atoms with Gasteiger partial charge >= 0.3 is 0 Å². The quantitative estimate of drug-likeness (QED) is 0.819. The average Bonchev–Trinajstić information content (AvgIpc) is 2.40. The molecule has 0 atom stereocenters. The van der Waals surface area contributed by atoms with Gasteiger partial charge in [0.15, 0.2) is 0 Å². The fourth-order valence-electron chi connectivity index (χ4n) is 1.11. The van der Waals surface area contributed by atoms with Gasteiger partial charge in [-0.15, -0.1) is 0 Å². The minimum atomic E-state index is -0.833. The van der Waals surface area contributed by atoms with Gasteiger partial charge in [-0.1, -0.05) is 24.4 Å². The molecule has 2 heterocycles. The molecule has 2 aromatic heterocycles. The predicted octanol–water partition coefficient (Wildman–Crippen LogP) is 2.36. The number of aromatic nitrogens is 2. The molecule has 0 aliphatic heterocycles. The summed E-state index contributed by atoms with van der Waals surface area (Å²) in [6.45, 7) is 1.08. The van der Waals surface area contributed by atoms with Crippen LogP contribution in [0.2, 0.25) is 0 Å². The molecular weight excluding hydrogens is 262 g/mol. The summed E-state index contributed by atoms with van der Waals surface area (Å²) in [4.78, 5) is 17.8. The van der Waals surface area contributed by atoms with Crippen molar-refractivity contribution in [1.29, 1.82) is 0 Å². The lowest BCUT2D eigenvalue weighted by atomic mass is 10.3. The summed E-state index contributed by atoms with van der Waals surface area (Å²) in [5, 5.41) is 10.4. The molecule has 0 fully saturated rings. The molecule has 0 aliphatic rings. The smallest absolute Gasteiger partial charge is 0.300 e. The van der Waals surface area contributed by atoms with E-state index in [-0.39, 0.29) is 0 Å². The molecular formula is C13H13N3O2S. The summed E-state index contributed by atoms with van der Waals surface area (Å²) in [6, 6.07) is 11.2. The monoisotopic (exact) mass is 275 g/mol. The number of hydrogen-bond acceptors (Lipinski definition) is 4. The van der Waals surface area contributed by atoms with Crippen molar-refractivity contribution in [3.63, 3.8) is 0 Å². The van der Waals surface area contributed by atoms with Gasteiger partial charge in [0.1, 0.15) is 10.8 Å². The number of carboxylic acids is 1. The first-order valence-electron chi connectivity index (χ1n) is 5.42. The summed E-state index contributed by atoms with van der Waals surface area (Å²) < 4.78 is 0. The van der Waals surface area contributed by atoms with Crippen molar-refractivity contribution in [1.82, 2.24) is 9.97 Å². The first-order chi connectivity index (χ1) is 9.09. The van der Waals surface area contributed by atoms with Crippen LogP contribution in [0.25, 0.3) is 0 Å². The van der Waals surface area contributed by atoms with E-state index in [9.17, 15) is 0 Å². The number of rotatable bonds is 2. The largest absolute Gasteiger partial charge is 0.481 e. The number of pyridine rings is 2. The number of thiocarbonyl (C=S) groups is 1. The minimum Gasteiger partial charge on any atom is -0.481 e. The molecule has 2 rings (SSSR count). The molecule has 6 heteroatoms.